The van der Waals surface area contributed by atoms with Crippen LogP contribution < -0.4 is 9.62 Å². The standard InChI is InChI=1S/C26H27F3N4OS/c27-26(28,29)21-14-15-22-30-25(21)20-11-4-3-10-19(20)9-2-1-5-16-33(17-6-7-18-34)23-12-8-13-24(31-23)35-32-22/h2-4,8-15,34H,1,5-7,16-18H2,(H,30,32)/b9-2+. The Morgan fingerprint density at radius 2 is 1.86 bits per heavy atom. The number of allylic oxidation sites excluding steroid dienone is 1. The number of nitrogens with one attached hydrogen (secondary N) is 1. The molecule has 1 aliphatic rings. The van der Waals surface area contributed by atoms with Gasteiger partial charge in [-0.05, 0) is 55.5 Å². The molecule has 1 aromatic carbocycles. The Morgan fingerprint density at radius 3 is 2.69 bits per heavy atom. The summed E-state index contributed by atoms with van der Waals surface area (Å²) in [4.78, 5) is 11.3. The summed E-state index contributed by atoms with van der Waals surface area (Å²) in [5, 5.41) is 9.85. The number of aliphatic hydroxyl groups is 1. The van der Waals surface area contributed by atoms with Crippen molar-refractivity contribution in [1.82, 2.24) is 9.97 Å². The number of unbranched alkanes of at least 4 members (excludes halogenated alkanes) is 1. The third kappa shape index (κ3) is 6.55. The molecule has 0 saturated heterocycles. The number of fused-ring (bicyclic) bond motifs is 6. The van der Waals surface area contributed by atoms with Gasteiger partial charge in [-0.3, -0.25) is 0 Å². The number of pyridine rings is 2. The highest BCUT2D eigenvalue weighted by molar-refractivity contribution is 8.00. The molecule has 3 heterocycles. The number of alkyl halides is 3. The summed E-state index contributed by atoms with van der Waals surface area (Å²) in [6.07, 6.45) is 2.54. The minimum Gasteiger partial charge on any atom is -0.396 e. The number of hydrogen-bond acceptors (Lipinski definition) is 6. The molecule has 0 atom stereocenters. The van der Waals surface area contributed by atoms with Crippen LogP contribution >= 0.6 is 11.9 Å². The van der Waals surface area contributed by atoms with Crippen molar-refractivity contribution in [2.75, 3.05) is 29.3 Å². The zero-order valence-electron chi connectivity index (χ0n) is 19.1. The molecule has 0 fully saturated rings. The van der Waals surface area contributed by atoms with E-state index < -0.39 is 11.7 Å². The summed E-state index contributed by atoms with van der Waals surface area (Å²) in [6.45, 7) is 1.72. The molecule has 5 nitrogen and oxygen atoms in total. The van der Waals surface area contributed by atoms with Crippen LogP contribution in [0.5, 0.6) is 0 Å². The summed E-state index contributed by atoms with van der Waals surface area (Å²) in [6, 6.07) is 15.1. The van der Waals surface area contributed by atoms with E-state index in [0.29, 0.717) is 22.0 Å². The maximum Gasteiger partial charge on any atom is 0.418 e. The predicted molar refractivity (Wildman–Crippen MR) is 135 cm³/mol. The van der Waals surface area contributed by atoms with Crippen molar-refractivity contribution in [2.24, 2.45) is 0 Å². The van der Waals surface area contributed by atoms with Gasteiger partial charge in [0.15, 0.2) is 0 Å². The Bertz CT molecular complexity index is 1170. The number of hydrogen-bond donors (Lipinski definition) is 2. The maximum absolute atomic E-state index is 13.8. The van der Waals surface area contributed by atoms with Crippen LogP contribution in [0.25, 0.3) is 17.3 Å². The van der Waals surface area contributed by atoms with E-state index in [2.05, 4.69) is 14.6 Å². The molecule has 0 amide bonds. The van der Waals surface area contributed by atoms with Gasteiger partial charge in [0.05, 0.1) is 11.3 Å². The molecule has 4 rings (SSSR count). The fourth-order valence-corrected chi connectivity index (χ4v) is 4.52. The molecule has 2 N–H and O–H groups in total. The van der Waals surface area contributed by atoms with Crippen LogP contribution in [0.2, 0.25) is 0 Å². The smallest absolute Gasteiger partial charge is 0.396 e. The molecule has 0 saturated carbocycles. The first-order valence-corrected chi connectivity index (χ1v) is 12.4. The van der Waals surface area contributed by atoms with Crippen LogP contribution in [0.1, 0.15) is 36.8 Å². The average Bonchev–Trinajstić information content (AvgIpc) is 2.85. The quantitative estimate of drug-likeness (QED) is 0.308. The zero-order valence-corrected chi connectivity index (χ0v) is 19.9. The van der Waals surface area contributed by atoms with E-state index in [9.17, 15) is 13.2 Å². The van der Waals surface area contributed by atoms with Crippen molar-refractivity contribution in [3.63, 3.8) is 0 Å². The molecule has 35 heavy (non-hydrogen) atoms. The van der Waals surface area contributed by atoms with Gasteiger partial charge < -0.3 is 14.7 Å². The largest absolute Gasteiger partial charge is 0.418 e. The minimum absolute atomic E-state index is 0.104. The molecule has 3 aromatic rings. The fraction of sp³-hybridized carbons (Fsp3) is 0.308. The van der Waals surface area contributed by atoms with Gasteiger partial charge in [-0.25, -0.2) is 9.97 Å². The fourth-order valence-electron chi connectivity index (χ4n) is 3.92. The number of rotatable bonds is 4. The zero-order chi connectivity index (χ0) is 24.7. The van der Waals surface area contributed by atoms with E-state index in [4.69, 9.17) is 10.1 Å². The van der Waals surface area contributed by atoms with Gasteiger partial charge in [0.1, 0.15) is 16.7 Å². The minimum atomic E-state index is -4.53. The van der Waals surface area contributed by atoms with Gasteiger partial charge in [-0.2, -0.15) is 13.2 Å². The Kier molecular flexibility index (Phi) is 8.30. The van der Waals surface area contributed by atoms with Crippen LogP contribution in [-0.4, -0.2) is 34.8 Å². The SMILES string of the molecule is OCCCCN1CCC/C=C/c2ccccc2-c2nc(ccc2C(F)(F)F)NSc2cccc1n2. The lowest BCUT2D eigenvalue weighted by molar-refractivity contribution is -0.137. The number of halogens is 3. The highest BCUT2D eigenvalue weighted by Crippen LogP contribution is 2.38. The summed E-state index contributed by atoms with van der Waals surface area (Å²) >= 11 is 1.21. The predicted octanol–water partition coefficient (Wildman–Crippen LogP) is 6.67. The van der Waals surface area contributed by atoms with E-state index >= 15 is 0 Å². The number of aliphatic hydroxyl groups excluding tert-OH is 1. The number of anilines is 2. The lowest BCUT2D eigenvalue weighted by atomic mass is 9.99. The molecule has 9 heteroatoms. The lowest BCUT2D eigenvalue weighted by Gasteiger charge is -2.24. The molecule has 0 spiro atoms. The highest BCUT2D eigenvalue weighted by atomic mass is 32.2. The summed E-state index contributed by atoms with van der Waals surface area (Å²) in [5.41, 5.74) is 0.248. The average molecular weight is 501 g/mol. The number of aromatic nitrogens is 2. The molecule has 0 aliphatic carbocycles. The van der Waals surface area contributed by atoms with Crippen LogP contribution in [0, 0.1) is 0 Å². The van der Waals surface area contributed by atoms with E-state index in [-0.39, 0.29) is 12.3 Å². The number of nitrogens with zero attached hydrogens (tertiary/aromatic N) is 3. The van der Waals surface area contributed by atoms with Crippen LogP contribution in [0.4, 0.5) is 24.8 Å². The van der Waals surface area contributed by atoms with Crippen molar-refractivity contribution in [2.45, 2.75) is 36.9 Å². The molecule has 2 aromatic heterocycles. The first kappa shape index (κ1) is 25.1. The Morgan fingerprint density at radius 1 is 1.00 bits per heavy atom. The Balaban J connectivity index is 1.73. The van der Waals surface area contributed by atoms with E-state index in [1.54, 1.807) is 12.1 Å². The summed E-state index contributed by atoms with van der Waals surface area (Å²) in [7, 11) is 0. The van der Waals surface area contributed by atoms with Crippen LogP contribution in [-0.2, 0) is 6.18 Å². The summed E-state index contributed by atoms with van der Waals surface area (Å²) in [5.74, 6) is 1.15. The van der Waals surface area contributed by atoms with Gasteiger partial charge >= 0.3 is 6.18 Å². The second kappa shape index (κ2) is 11.6. The van der Waals surface area contributed by atoms with Gasteiger partial charge in [0.2, 0.25) is 0 Å². The van der Waals surface area contributed by atoms with Crippen molar-refractivity contribution in [3.8, 4) is 11.3 Å². The molecular weight excluding hydrogens is 473 g/mol. The second-order valence-electron chi connectivity index (χ2n) is 8.18. The van der Waals surface area contributed by atoms with Crippen molar-refractivity contribution < 1.29 is 18.3 Å². The normalized spacial score (nSPS) is 15.3. The van der Waals surface area contributed by atoms with E-state index in [1.165, 1.54) is 18.0 Å². The first-order valence-electron chi connectivity index (χ1n) is 11.6. The molecule has 0 unspecified atom stereocenters. The van der Waals surface area contributed by atoms with E-state index in [1.807, 2.05) is 42.5 Å². The van der Waals surface area contributed by atoms with Crippen molar-refractivity contribution >= 4 is 29.7 Å². The van der Waals surface area contributed by atoms with Crippen LogP contribution in [0.15, 0.2) is 65.7 Å². The highest BCUT2D eigenvalue weighted by Gasteiger charge is 2.35. The molecule has 4 bridgehead atoms. The number of benzene rings is 1. The monoisotopic (exact) mass is 500 g/mol. The third-order valence-electron chi connectivity index (χ3n) is 5.64. The lowest BCUT2D eigenvalue weighted by Crippen LogP contribution is -2.26. The van der Waals surface area contributed by atoms with Gasteiger partial charge in [0.25, 0.3) is 0 Å². The van der Waals surface area contributed by atoms with Crippen LogP contribution in [0.3, 0.4) is 0 Å². The topological polar surface area (TPSA) is 61.3 Å². The Hall–Kier alpha value is -3.04. The van der Waals surface area contributed by atoms with E-state index in [0.717, 1.165) is 50.7 Å². The first-order chi connectivity index (χ1) is 17.0. The molecule has 1 aliphatic heterocycles. The second-order valence-corrected chi connectivity index (χ2v) is 9.00. The third-order valence-corrected chi connectivity index (χ3v) is 6.39. The van der Waals surface area contributed by atoms with Crippen molar-refractivity contribution in [1.29, 1.82) is 0 Å². The maximum atomic E-state index is 13.8. The van der Waals surface area contributed by atoms with Gasteiger partial charge in [-0.15, -0.1) is 0 Å². The Labute approximate surface area is 207 Å². The molecule has 184 valence electrons. The van der Waals surface area contributed by atoms with Crippen molar-refractivity contribution in [3.05, 3.63) is 71.8 Å². The molecular formula is C26H27F3N4OS. The molecule has 0 radical (unpaired) electrons. The summed E-state index contributed by atoms with van der Waals surface area (Å²) < 4.78 is 44.6. The van der Waals surface area contributed by atoms with Gasteiger partial charge in [0, 0.05) is 37.2 Å². The van der Waals surface area contributed by atoms with Gasteiger partial charge in [-0.1, -0.05) is 42.5 Å².